The van der Waals surface area contributed by atoms with Gasteiger partial charge in [0.05, 0.1) is 0 Å². The topological polar surface area (TPSA) is 15.3 Å². The van der Waals surface area contributed by atoms with Crippen LogP contribution < -0.4 is 10.2 Å². The minimum absolute atomic E-state index is 0.101. The molecule has 1 saturated carbocycles. The largest absolute Gasteiger partial charge is 0.371 e. The summed E-state index contributed by atoms with van der Waals surface area (Å²) in [4.78, 5) is 2.34. The number of aryl methyl sites for hydroxylation is 1. The van der Waals surface area contributed by atoms with Crippen LogP contribution in [0.1, 0.15) is 56.7 Å². The number of anilines is 1. The summed E-state index contributed by atoms with van der Waals surface area (Å²) >= 11 is 0. The highest BCUT2D eigenvalue weighted by atomic mass is 19.1. The van der Waals surface area contributed by atoms with Gasteiger partial charge in [-0.15, -0.1) is 0 Å². The Balaban J connectivity index is 2.29. The Labute approximate surface area is 122 Å². The predicted octanol–water partition coefficient (Wildman–Crippen LogP) is 4.18. The number of hydrogen-bond acceptors (Lipinski definition) is 2. The van der Waals surface area contributed by atoms with Gasteiger partial charge in [0.25, 0.3) is 0 Å². The van der Waals surface area contributed by atoms with Crippen LogP contribution >= 0.6 is 0 Å². The summed E-state index contributed by atoms with van der Waals surface area (Å²) in [6, 6.07) is 4.53. The number of nitrogens with zero attached hydrogens (tertiary/aromatic N) is 1. The van der Waals surface area contributed by atoms with Gasteiger partial charge in [0.2, 0.25) is 0 Å². The molecule has 0 aliphatic heterocycles. The number of halogens is 1. The van der Waals surface area contributed by atoms with E-state index in [0.29, 0.717) is 6.04 Å². The molecule has 0 radical (unpaired) electrons. The molecule has 2 rings (SSSR count). The summed E-state index contributed by atoms with van der Waals surface area (Å²) in [6.07, 6.45) is 4.91. The van der Waals surface area contributed by atoms with Gasteiger partial charge < -0.3 is 10.2 Å². The second kappa shape index (κ2) is 6.57. The molecule has 0 bridgehead atoms. The summed E-state index contributed by atoms with van der Waals surface area (Å²) in [5, 5.41) is 3.47. The van der Waals surface area contributed by atoms with Gasteiger partial charge in [-0.05, 0) is 69.3 Å². The van der Waals surface area contributed by atoms with Crippen molar-refractivity contribution in [2.75, 3.05) is 18.5 Å². The standard InChI is InChI=1S/C17H27FN2/c1-5-9-19-13(3)15-11-16(18)12(2)10-17(15)20(4)14-7-6-8-14/h10-11,13-14,19H,5-9H2,1-4H3. The molecule has 20 heavy (non-hydrogen) atoms. The van der Waals surface area contributed by atoms with E-state index in [2.05, 4.69) is 31.1 Å². The smallest absolute Gasteiger partial charge is 0.126 e. The summed E-state index contributed by atoms with van der Waals surface area (Å²) in [5.74, 6) is -0.101. The zero-order valence-electron chi connectivity index (χ0n) is 13.2. The van der Waals surface area contributed by atoms with Gasteiger partial charge in [-0.25, -0.2) is 4.39 Å². The second-order valence-corrected chi connectivity index (χ2v) is 6.03. The molecule has 0 spiro atoms. The van der Waals surface area contributed by atoms with Crippen LogP contribution in [0.2, 0.25) is 0 Å². The molecule has 0 aromatic heterocycles. The zero-order valence-corrected chi connectivity index (χ0v) is 13.2. The Hall–Kier alpha value is -1.09. The Morgan fingerprint density at radius 1 is 1.40 bits per heavy atom. The molecule has 1 aromatic carbocycles. The van der Waals surface area contributed by atoms with E-state index in [-0.39, 0.29) is 11.9 Å². The molecular formula is C17H27FN2. The first-order chi connectivity index (χ1) is 9.54. The van der Waals surface area contributed by atoms with Crippen molar-refractivity contribution in [1.29, 1.82) is 0 Å². The molecule has 1 aromatic rings. The fraction of sp³-hybridized carbons (Fsp3) is 0.647. The second-order valence-electron chi connectivity index (χ2n) is 6.03. The third-order valence-electron chi connectivity index (χ3n) is 4.48. The molecule has 1 aliphatic rings. The highest BCUT2D eigenvalue weighted by molar-refractivity contribution is 5.57. The Morgan fingerprint density at radius 2 is 2.10 bits per heavy atom. The van der Waals surface area contributed by atoms with E-state index in [4.69, 9.17) is 0 Å². The minimum atomic E-state index is -0.101. The van der Waals surface area contributed by atoms with Crippen LogP contribution in [0.5, 0.6) is 0 Å². The third-order valence-corrected chi connectivity index (χ3v) is 4.48. The monoisotopic (exact) mass is 278 g/mol. The van der Waals surface area contributed by atoms with Crippen molar-refractivity contribution in [2.24, 2.45) is 0 Å². The molecule has 1 fully saturated rings. The predicted molar refractivity (Wildman–Crippen MR) is 83.9 cm³/mol. The van der Waals surface area contributed by atoms with Crippen LogP contribution in [0.4, 0.5) is 10.1 Å². The van der Waals surface area contributed by atoms with Crippen molar-refractivity contribution < 1.29 is 4.39 Å². The highest BCUT2D eigenvalue weighted by Crippen LogP contribution is 2.34. The number of nitrogens with one attached hydrogen (secondary N) is 1. The highest BCUT2D eigenvalue weighted by Gasteiger charge is 2.25. The molecule has 0 saturated heterocycles. The molecular weight excluding hydrogens is 251 g/mol. The Bertz CT molecular complexity index is 455. The van der Waals surface area contributed by atoms with E-state index < -0.39 is 0 Å². The van der Waals surface area contributed by atoms with E-state index >= 15 is 0 Å². The summed E-state index contributed by atoms with van der Waals surface area (Å²) in [5.41, 5.74) is 3.00. The Morgan fingerprint density at radius 3 is 2.65 bits per heavy atom. The van der Waals surface area contributed by atoms with Crippen molar-refractivity contribution in [1.82, 2.24) is 5.32 Å². The lowest BCUT2D eigenvalue weighted by Gasteiger charge is -2.38. The molecule has 1 aliphatic carbocycles. The lowest BCUT2D eigenvalue weighted by atomic mass is 9.90. The van der Waals surface area contributed by atoms with Gasteiger partial charge in [0.1, 0.15) is 5.82 Å². The zero-order chi connectivity index (χ0) is 14.7. The van der Waals surface area contributed by atoms with Crippen LogP contribution in [0.25, 0.3) is 0 Å². The Kier molecular flexibility index (Phi) is 5.03. The molecule has 1 atom stereocenters. The molecule has 0 amide bonds. The van der Waals surface area contributed by atoms with Crippen molar-refractivity contribution in [3.8, 4) is 0 Å². The van der Waals surface area contributed by atoms with Gasteiger partial charge >= 0.3 is 0 Å². The maximum atomic E-state index is 14.0. The fourth-order valence-corrected chi connectivity index (χ4v) is 2.78. The average molecular weight is 278 g/mol. The quantitative estimate of drug-likeness (QED) is 0.839. The van der Waals surface area contributed by atoms with E-state index in [0.717, 1.165) is 24.1 Å². The maximum absolute atomic E-state index is 14.0. The molecule has 1 unspecified atom stereocenters. The van der Waals surface area contributed by atoms with E-state index in [1.54, 1.807) is 6.07 Å². The molecule has 0 heterocycles. The lowest BCUT2D eigenvalue weighted by Crippen LogP contribution is -2.38. The first-order valence-electron chi connectivity index (χ1n) is 7.80. The summed E-state index contributed by atoms with van der Waals surface area (Å²) in [7, 11) is 2.15. The van der Waals surface area contributed by atoms with Gasteiger partial charge in [0, 0.05) is 24.8 Å². The van der Waals surface area contributed by atoms with Crippen molar-refractivity contribution in [3.05, 3.63) is 29.1 Å². The first kappa shape index (κ1) is 15.3. The molecule has 3 heteroatoms. The minimum Gasteiger partial charge on any atom is -0.371 e. The van der Waals surface area contributed by atoms with Gasteiger partial charge in [-0.1, -0.05) is 6.92 Å². The van der Waals surface area contributed by atoms with Crippen LogP contribution in [0.15, 0.2) is 12.1 Å². The molecule has 1 N–H and O–H groups in total. The van der Waals surface area contributed by atoms with Gasteiger partial charge in [-0.2, -0.15) is 0 Å². The van der Waals surface area contributed by atoms with Crippen molar-refractivity contribution in [3.63, 3.8) is 0 Å². The van der Waals surface area contributed by atoms with Crippen LogP contribution in [0, 0.1) is 12.7 Å². The van der Waals surface area contributed by atoms with Crippen LogP contribution in [0.3, 0.4) is 0 Å². The van der Waals surface area contributed by atoms with Gasteiger partial charge in [0.15, 0.2) is 0 Å². The lowest BCUT2D eigenvalue weighted by molar-refractivity contribution is 0.399. The molecule has 112 valence electrons. The normalized spacial score (nSPS) is 16.9. The summed E-state index contributed by atoms with van der Waals surface area (Å²) in [6.45, 7) is 7.08. The average Bonchev–Trinajstić information content (AvgIpc) is 2.36. The summed E-state index contributed by atoms with van der Waals surface area (Å²) < 4.78 is 14.0. The van der Waals surface area contributed by atoms with E-state index in [9.17, 15) is 4.39 Å². The number of benzene rings is 1. The maximum Gasteiger partial charge on any atom is 0.126 e. The molecule has 2 nitrogen and oxygen atoms in total. The van der Waals surface area contributed by atoms with Crippen molar-refractivity contribution in [2.45, 2.75) is 58.5 Å². The number of hydrogen-bond donors (Lipinski definition) is 1. The van der Waals surface area contributed by atoms with Gasteiger partial charge in [-0.3, -0.25) is 0 Å². The number of rotatable bonds is 6. The van der Waals surface area contributed by atoms with Crippen LogP contribution in [-0.4, -0.2) is 19.6 Å². The SMILES string of the molecule is CCCNC(C)c1cc(F)c(C)cc1N(C)C1CCC1. The van der Waals surface area contributed by atoms with Crippen molar-refractivity contribution >= 4 is 5.69 Å². The van der Waals surface area contributed by atoms with E-state index in [1.807, 2.05) is 13.0 Å². The fourth-order valence-electron chi connectivity index (χ4n) is 2.78. The first-order valence-corrected chi connectivity index (χ1v) is 7.80. The van der Waals surface area contributed by atoms with E-state index in [1.165, 1.54) is 24.9 Å². The third kappa shape index (κ3) is 3.14. The van der Waals surface area contributed by atoms with Crippen LogP contribution in [-0.2, 0) is 0 Å².